The molecule has 0 aromatic carbocycles. The number of carbonyl (C=O) groups is 1. The van der Waals surface area contributed by atoms with E-state index in [1.54, 1.807) is 4.52 Å². The van der Waals surface area contributed by atoms with Crippen LogP contribution >= 0.6 is 0 Å². The van der Waals surface area contributed by atoms with Crippen LogP contribution in [0, 0.1) is 13.8 Å². The van der Waals surface area contributed by atoms with Crippen molar-refractivity contribution in [2.75, 3.05) is 6.54 Å². The van der Waals surface area contributed by atoms with Gasteiger partial charge in [-0.25, -0.2) is 9.50 Å². The van der Waals surface area contributed by atoms with Gasteiger partial charge in [0, 0.05) is 24.0 Å². The molecule has 118 valence electrons. The minimum absolute atomic E-state index is 0.0723. The number of carbonyl (C=O) groups excluding carboxylic acids is 1. The molecule has 1 fully saturated rings. The first kappa shape index (κ1) is 14.9. The molecule has 0 spiro atoms. The van der Waals surface area contributed by atoms with Crippen LogP contribution in [-0.4, -0.2) is 43.0 Å². The van der Waals surface area contributed by atoms with Crippen molar-refractivity contribution in [1.82, 2.24) is 24.5 Å². The SMILES string of the molecule is CCN(C(=O)c1nc2nc(C)cc(C)n2n1)C1CCCCC1. The third-order valence-corrected chi connectivity index (χ3v) is 4.43. The largest absolute Gasteiger partial charge is 0.333 e. The van der Waals surface area contributed by atoms with Crippen LogP contribution in [0.1, 0.15) is 61.0 Å². The molecular weight excluding hydrogens is 278 g/mol. The Kier molecular flexibility index (Phi) is 4.09. The average Bonchev–Trinajstić information content (AvgIpc) is 2.93. The van der Waals surface area contributed by atoms with Crippen LogP contribution in [0.15, 0.2) is 6.07 Å². The van der Waals surface area contributed by atoms with Crippen LogP contribution in [0.3, 0.4) is 0 Å². The highest BCUT2D eigenvalue weighted by Gasteiger charge is 2.27. The summed E-state index contributed by atoms with van der Waals surface area (Å²) in [6.07, 6.45) is 5.85. The van der Waals surface area contributed by atoms with Crippen LogP contribution in [0.5, 0.6) is 0 Å². The zero-order valence-corrected chi connectivity index (χ0v) is 13.5. The summed E-state index contributed by atoms with van der Waals surface area (Å²) >= 11 is 0. The molecule has 0 aliphatic heterocycles. The van der Waals surface area contributed by atoms with E-state index < -0.39 is 0 Å². The maximum atomic E-state index is 12.8. The van der Waals surface area contributed by atoms with E-state index in [0.29, 0.717) is 18.4 Å². The fourth-order valence-corrected chi connectivity index (χ4v) is 3.35. The van der Waals surface area contributed by atoms with Gasteiger partial charge >= 0.3 is 0 Å². The van der Waals surface area contributed by atoms with E-state index in [-0.39, 0.29) is 11.7 Å². The number of nitrogens with zero attached hydrogens (tertiary/aromatic N) is 5. The molecule has 1 amide bonds. The first-order valence-electron chi connectivity index (χ1n) is 8.12. The summed E-state index contributed by atoms with van der Waals surface area (Å²) in [7, 11) is 0. The van der Waals surface area contributed by atoms with E-state index in [0.717, 1.165) is 24.2 Å². The Morgan fingerprint density at radius 1 is 1.27 bits per heavy atom. The zero-order chi connectivity index (χ0) is 15.7. The molecule has 6 nitrogen and oxygen atoms in total. The number of aryl methyl sites for hydroxylation is 2. The standard InChI is InChI=1S/C16H23N5O/c1-4-20(13-8-6-5-7-9-13)15(22)14-18-16-17-11(2)10-12(3)21(16)19-14/h10,13H,4-9H2,1-3H3. The predicted molar refractivity (Wildman–Crippen MR) is 83.8 cm³/mol. The third kappa shape index (κ3) is 2.69. The lowest BCUT2D eigenvalue weighted by Gasteiger charge is -2.32. The number of amides is 1. The molecule has 0 saturated heterocycles. The minimum atomic E-state index is -0.0723. The number of hydrogen-bond donors (Lipinski definition) is 0. The maximum absolute atomic E-state index is 12.8. The molecule has 2 heterocycles. The quantitative estimate of drug-likeness (QED) is 0.874. The monoisotopic (exact) mass is 301 g/mol. The fraction of sp³-hybridized carbons (Fsp3) is 0.625. The zero-order valence-electron chi connectivity index (χ0n) is 13.5. The van der Waals surface area contributed by atoms with Gasteiger partial charge in [-0.3, -0.25) is 4.79 Å². The molecule has 0 unspecified atom stereocenters. The van der Waals surface area contributed by atoms with Gasteiger partial charge in [0.25, 0.3) is 11.7 Å². The Hall–Kier alpha value is -1.98. The summed E-state index contributed by atoms with van der Waals surface area (Å²) in [6.45, 7) is 6.59. The second kappa shape index (κ2) is 6.02. The molecule has 0 radical (unpaired) electrons. The molecule has 3 rings (SSSR count). The lowest BCUT2D eigenvalue weighted by atomic mass is 9.94. The van der Waals surface area contributed by atoms with Gasteiger partial charge < -0.3 is 4.90 Å². The molecule has 0 atom stereocenters. The van der Waals surface area contributed by atoms with Gasteiger partial charge in [0.1, 0.15) is 0 Å². The Morgan fingerprint density at radius 2 is 2.00 bits per heavy atom. The van der Waals surface area contributed by atoms with Gasteiger partial charge in [0.05, 0.1) is 0 Å². The predicted octanol–water partition coefficient (Wildman–Crippen LogP) is 2.54. The highest BCUT2D eigenvalue weighted by atomic mass is 16.2. The summed E-state index contributed by atoms with van der Waals surface area (Å²) in [5.74, 6) is 0.686. The third-order valence-electron chi connectivity index (χ3n) is 4.43. The number of fused-ring (bicyclic) bond motifs is 1. The Balaban J connectivity index is 1.91. The first-order chi connectivity index (χ1) is 10.6. The van der Waals surface area contributed by atoms with Gasteiger partial charge in [-0.1, -0.05) is 19.3 Å². The lowest BCUT2D eigenvalue weighted by Crippen LogP contribution is -2.41. The fourth-order valence-electron chi connectivity index (χ4n) is 3.35. The summed E-state index contributed by atoms with van der Waals surface area (Å²) in [4.78, 5) is 23.4. The lowest BCUT2D eigenvalue weighted by molar-refractivity contribution is 0.0635. The van der Waals surface area contributed by atoms with Crippen LogP contribution in [0.2, 0.25) is 0 Å². The van der Waals surface area contributed by atoms with Crippen LogP contribution in [0.25, 0.3) is 5.78 Å². The second-order valence-corrected chi connectivity index (χ2v) is 6.07. The van der Waals surface area contributed by atoms with Crippen molar-refractivity contribution in [3.63, 3.8) is 0 Å². The van der Waals surface area contributed by atoms with E-state index in [2.05, 4.69) is 15.1 Å². The van der Waals surface area contributed by atoms with E-state index >= 15 is 0 Å². The maximum Gasteiger partial charge on any atom is 0.293 e. The van der Waals surface area contributed by atoms with Crippen molar-refractivity contribution in [1.29, 1.82) is 0 Å². The van der Waals surface area contributed by atoms with Crippen LogP contribution in [0.4, 0.5) is 0 Å². The molecule has 6 heteroatoms. The number of hydrogen-bond acceptors (Lipinski definition) is 4. The highest BCUT2D eigenvalue weighted by molar-refractivity contribution is 5.91. The molecule has 1 aliphatic rings. The van der Waals surface area contributed by atoms with E-state index in [4.69, 9.17) is 0 Å². The van der Waals surface area contributed by atoms with Gasteiger partial charge in [-0.05, 0) is 39.7 Å². The number of rotatable bonds is 3. The van der Waals surface area contributed by atoms with E-state index in [1.165, 1.54) is 19.3 Å². The second-order valence-electron chi connectivity index (χ2n) is 6.07. The van der Waals surface area contributed by atoms with E-state index in [1.807, 2.05) is 31.7 Å². The molecule has 2 aromatic rings. The van der Waals surface area contributed by atoms with Crippen molar-refractivity contribution in [3.05, 3.63) is 23.3 Å². The van der Waals surface area contributed by atoms with Crippen molar-refractivity contribution >= 4 is 11.7 Å². The van der Waals surface area contributed by atoms with Gasteiger partial charge in [0.2, 0.25) is 5.82 Å². The molecule has 2 aromatic heterocycles. The van der Waals surface area contributed by atoms with Crippen molar-refractivity contribution in [2.24, 2.45) is 0 Å². The minimum Gasteiger partial charge on any atom is -0.333 e. The Morgan fingerprint density at radius 3 is 2.68 bits per heavy atom. The summed E-state index contributed by atoms with van der Waals surface area (Å²) in [5.41, 5.74) is 1.82. The Labute approximate surface area is 130 Å². The van der Waals surface area contributed by atoms with E-state index in [9.17, 15) is 4.79 Å². The summed E-state index contributed by atoms with van der Waals surface area (Å²) < 4.78 is 1.65. The summed E-state index contributed by atoms with van der Waals surface area (Å²) in [5, 5.41) is 4.37. The van der Waals surface area contributed by atoms with Crippen LogP contribution < -0.4 is 0 Å². The molecule has 1 aliphatic carbocycles. The van der Waals surface area contributed by atoms with Crippen molar-refractivity contribution in [3.8, 4) is 0 Å². The summed E-state index contributed by atoms with van der Waals surface area (Å²) in [6, 6.07) is 2.27. The first-order valence-corrected chi connectivity index (χ1v) is 8.12. The van der Waals surface area contributed by atoms with Gasteiger partial charge in [-0.15, -0.1) is 5.10 Å². The average molecular weight is 301 g/mol. The van der Waals surface area contributed by atoms with Crippen LogP contribution in [-0.2, 0) is 0 Å². The molecule has 0 bridgehead atoms. The van der Waals surface area contributed by atoms with Crippen molar-refractivity contribution in [2.45, 2.75) is 58.9 Å². The van der Waals surface area contributed by atoms with Crippen molar-refractivity contribution < 1.29 is 4.79 Å². The highest BCUT2D eigenvalue weighted by Crippen LogP contribution is 2.23. The molecule has 22 heavy (non-hydrogen) atoms. The molecule has 1 saturated carbocycles. The molecule has 0 N–H and O–H groups in total. The van der Waals surface area contributed by atoms with Gasteiger partial charge in [-0.2, -0.15) is 4.98 Å². The molecular formula is C16H23N5O. The topological polar surface area (TPSA) is 63.4 Å². The normalized spacial score (nSPS) is 16.1. The number of aromatic nitrogens is 4. The smallest absolute Gasteiger partial charge is 0.293 e. The Bertz CT molecular complexity index is 687. The van der Waals surface area contributed by atoms with Gasteiger partial charge in [0.15, 0.2) is 0 Å².